The lowest BCUT2D eigenvalue weighted by atomic mass is 10.1. The Morgan fingerprint density at radius 3 is 2.77 bits per heavy atom. The highest BCUT2D eigenvalue weighted by Gasteiger charge is 2.19. The predicted octanol–water partition coefficient (Wildman–Crippen LogP) is 1.84. The lowest BCUT2D eigenvalue weighted by Crippen LogP contribution is -2.45. The molecule has 1 aromatic carbocycles. The van der Waals surface area contributed by atoms with Crippen molar-refractivity contribution in [3.8, 4) is 11.4 Å². The van der Waals surface area contributed by atoms with Gasteiger partial charge < -0.3 is 14.4 Å². The molecule has 170 valence electrons. The third-order valence-electron chi connectivity index (χ3n) is 5.09. The number of ether oxygens (including phenoxy) is 1. The van der Waals surface area contributed by atoms with Crippen molar-refractivity contribution in [1.82, 2.24) is 19.9 Å². The number of nitrogens with zero attached hydrogens (tertiary/aromatic N) is 5. The second-order valence-electron chi connectivity index (χ2n) is 8.29. The molecule has 1 atom stereocenters. The molecule has 0 radical (unpaired) electrons. The second-order valence-corrected chi connectivity index (χ2v) is 8.29. The molecule has 1 aliphatic rings. The molecule has 0 saturated carbocycles. The van der Waals surface area contributed by atoms with Gasteiger partial charge in [0.25, 0.3) is 5.69 Å². The quantitative estimate of drug-likeness (QED) is 0.418. The summed E-state index contributed by atoms with van der Waals surface area (Å²) in [6.45, 7) is 10.2. The number of non-ortho nitro benzene ring substituents is 1. The Labute approximate surface area is 181 Å². The van der Waals surface area contributed by atoms with Crippen LogP contribution in [0.4, 0.5) is 5.69 Å². The fourth-order valence-corrected chi connectivity index (χ4v) is 3.70. The number of benzene rings is 1. The van der Waals surface area contributed by atoms with Crippen molar-refractivity contribution in [2.75, 3.05) is 52.5 Å². The van der Waals surface area contributed by atoms with E-state index in [1.54, 1.807) is 12.1 Å². The number of nitro benzene ring substituents is 1. The highest BCUT2D eigenvalue weighted by molar-refractivity contribution is 5.58. The van der Waals surface area contributed by atoms with Gasteiger partial charge in [0.15, 0.2) is 0 Å². The molecule has 0 unspecified atom stereocenters. The molecule has 3 rings (SSSR count). The van der Waals surface area contributed by atoms with Gasteiger partial charge in [-0.25, -0.2) is 0 Å². The third-order valence-corrected chi connectivity index (χ3v) is 5.09. The van der Waals surface area contributed by atoms with Gasteiger partial charge >= 0.3 is 0 Å². The van der Waals surface area contributed by atoms with E-state index in [2.05, 4.69) is 33.8 Å². The first kappa shape index (κ1) is 23.3. The second kappa shape index (κ2) is 11.3. The molecule has 31 heavy (non-hydrogen) atoms. The van der Waals surface area contributed by atoms with Gasteiger partial charge in [0.2, 0.25) is 11.7 Å². The lowest BCUT2D eigenvalue weighted by molar-refractivity contribution is -0.384. The van der Waals surface area contributed by atoms with Crippen molar-refractivity contribution in [2.45, 2.75) is 26.4 Å². The zero-order chi connectivity index (χ0) is 22.2. The Balaban J connectivity index is 1.56. The van der Waals surface area contributed by atoms with Crippen LogP contribution in [-0.4, -0.2) is 88.6 Å². The van der Waals surface area contributed by atoms with Crippen LogP contribution in [-0.2, 0) is 11.2 Å². The van der Waals surface area contributed by atoms with E-state index in [4.69, 9.17) is 9.26 Å². The van der Waals surface area contributed by atoms with Gasteiger partial charge in [-0.3, -0.25) is 19.9 Å². The summed E-state index contributed by atoms with van der Waals surface area (Å²) in [5, 5.41) is 25.5. The maximum absolute atomic E-state index is 11.0. The average Bonchev–Trinajstić information content (AvgIpc) is 3.21. The van der Waals surface area contributed by atoms with E-state index in [1.807, 2.05) is 0 Å². The minimum Gasteiger partial charge on any atom is -0.390 e. The highest BCUT2D eigenvalue weighted by Crippen LogP contribution is 2.21. The predicted molar refractivity (Wildman–Crippen MR) is 115 cm³/mol. The molecule has 2 aromatic rings. The fourth-order valence-electron chi connectivity index (χ4n) is 3.70. The molecule has 1 aliphatic heterocycles. The summed E-state index contributed by atoms with van der Waals surface area (Å²) >= 11 is 0. The summed E-state index contributed by atoms with van der Waals surface area (Å²) in [6.07, 6.45) is 0.0961. The van der Waals surface area contributed by atoms with Gasteiger partial charge in [-0.05, 0) is 5.92 Å². The van der Waals surface area contributed by atoms with Gasteiger partial charge in [0.1, 0.15) is 0 Å². The van der Waals surface area contributed by atoms with Gasteiger partial charge in [0, 0.05) is 63.4 Å². The van der Waals surface area contributed by atoms with E-state index in [0.29, 0.717) is 62.5 Å². The summed E-state index contributed by atoms with van der Waals surface area (Å²) in [6, 6.07) is 6.18. The van der Waals surface area contributed by atoms with Crippen LogP contribution in [0.3, 0.4) is 0 Å². The molecular formula is C21H31N5O5. The maximum atomic E-state index is 11.0. The molecule has 0 amide bonds. The van der Waals surface area contributed by atoms with E-state index in [9.17, 15) is 15.2 Å². The smallest absolute Gasteiger partial charge is 0.270 e. The summed E-state index contributed by atoms with van der Waals surface area (Å²) in [4.78, 5) is 19.4. The molecule has 10 nitrogen and oxygen atoms in total. The Kier molecular flexibility index (Phi) is 8.47. The number of aliphatic hydroxyl groups is 1. The summed E-state index contributed by atoms with van der Waals surface area (Å²) in [5.41, 5.74) is 0.533. The van der Waals surface area contributed by atoms with Crippen LogP contribution in [0.25, 0.3) is 11.4 Å². The van der Waals surface area contributed by atoms with Gasteiger partial charge in [-0.15, -0.1) is 0 Å². The summed E-state index contributed by atoms with van der Waals surface area (Å²) < 4.78 is 10.7. The van der Waals surface area contributed by atoms with Crippen molar-refractivity contribution in [2.24, 2.45) is 5.92 Å². The highest BCUT2D eigenvalue weighted by atomic mass is 16.6. The Bertz CT molecular complexity index is 837. The van der Waals surface area contributed by atoms with E-state index in [1.165, 1.54) is 12.1 Å². The molecule has 0 aliphatic carbocycles. The number of hydrogen-bond acceptors (Lipinski definition) is 9. The zero-order valence-electron chi connectivity index (χ0n) is 18.1. The number of aromatic nitrogens is 2. The number of β-amino-alcohol motifs (C(OH)–C–C–N with tert-alkyl or cyclic N) is 1. The third kappa shape index (κ3) is 7.35. The molecule has 2 heterocycles. The van der Waals surface area contributed by atoms with Crippen molar-refractivity contribution < 1.29 is 19.3 Å². The Morgan fingerprint density at radius 2 is 2.06 bits per heavy atom. The number of hydrogen-bond donors (Lipinski definition) is 1. The molecule has 0 spiro atoms. The topological polar surface area (TPSA) is 118 Å². The monoisotopic (exact) mass is 433 g/mol. The first-order chi connectivity index (χ1) is 14.9. The van der Waals surface area contributed by atoms with Crippen LogP contribution in [0.5, 0.6) is 0 Å². The van der Waals surface area contributed by atoms with Gasteiger partial charge in [-0.1, -0.05) is 31.1 Å². The van der Waals surface area contributed by atoms with Gasteiger partial charge in [0.05, 0.1) is 24.2 Å². The fraction of sp³-hybridized carbons (Fsp3) is 0.619. The molecule has 1 aromatic heterocycles. The summed E-state index contributed by atoms with van der Waals surface area (Å²) in [7, 11) is 0. The minimum atomic E-state index is -0.448. The zero-order valence-corrected chi connectivity index (χ0v) is 18.1. The van der Waals surface area contributed by atoms with Crippen LogP contribution in [0.2, 0.25) is 0 Å². The Hall–Kier alpha value is -2.40. The average molecular weight is 434 g/mol. The van der Waals surface area contributed by atoms with E-state index in [0.717, 1.165) is 19.6 Å². The molecule has 1 saturated heterocycles. The number of aliphatic hydroxyl groups excluding tert-OH is 1. The number of morpholine rings is 1. The van der Waals surface area contributed by atoms with Crippen LogP contribution >= 0.6 is 0 Å². The van der Waals surface area contributed by atoms with E-state index < -0.39 is 11.0 Å². The first-order valence-electron chi connectivity index (χ1n) is 10.7. The molecule has 10 heteroatoms. The Morgan fingerprint density at radius 1 is 1.29 bits per heavy atom. The first-order valence-corrected chi connectivity index (χ1v) is 10.7. The largest absolute Gasteiger partial charge is 0.390 e. The van der Waals surface area contributed by atoms with Gasteiger partial charge in [-0.2, -0.15) is 4.98 Å². The van der Waals surface area contributed by atoms with E-state index in [-0.39, 0.29) is 5.69 Å². The molecule has 1 N–H and O–H groups in total. The van der Waals surface area contributed by atoms with E-state index >= 15 is 0 Å². The summed E-state index contributed by atoms with van der Waals surface area (Å²) in [5.74, 6) is 1.26. The molecule has 1 fully saturated rings. The van der Waals surface area contributed by atoms with Crippen molar-refractivity contribution in [3.05, 3.63) is 40.3 Å². The van der Waals surface area contributed by atoms with Crippen LogP contribution in [0.1, 0.15) is 19.7 Å². The lowest BCUT2D eigenvalue weighted by Gasteiger charge is -2.31. The standard InChI is InChI=1S/C21H31N5O5/c1-16(2)13-25(15-19(27)14-24-8-10-30-11-9-24)7-6-20-22-21(23-31-20)17-4-3-5-18(12-17)26(28)29/h3-5,12,16,19,27H,6-11,13-15H2,1-2H3/t19-/m1/s1. The van der Waals surface area contributed by atoms with Crippen molar-refractivity contribution in [3.63, 3.8) is 0 Å². The number of rotatable bonds is 11. The van der Waals surface area contributed by atoms with Crippen molar-refractivity contribution in [1.29, 1.82) is 0 Å². The minimum absolute atomic E-state index is 0.0128. The SMILES string of the molecule is CC(C)CN(CCc1nc(-c2cccc([N+](=O)[O-])c2)no1)C[C@H](O)CN1CCOCC1. The normalized spacial score (nSPS) is 16.2. The van der Waals surface area contributed by atoms with Crippen LogP contribution < -0.4 is 0 Å². The number of nitro groups is 1. The maximum Gasteiger partial charge on any atom is 0.270 e. The molecular weight excluding hydrogens is 402 g/mol. The molecule has 0 bridgehead atoms. The van der Waals surface area contributed by atoms with Crippen molar-refractivity contribution >= 4 is 5.69 Å². The van der Waals surface area contributed by atoms with Crippen LogP contribution in [0.15, 0.2) is 28.8 Å². The van der Waals surface area contributed by atoms with Crippen LogP contribution in [0, 0.1) is 16.0 Å².